The lowest BCUT2D eigenvalue weighted by molar-refractivity contribution is -0.132. The molecule has 2 amide bonds. The third-order valence-corrected chi connectivity index (χ3v) is 3.97. The molecule has 1 aliphatic rings. The van der Waals surface area contributed by atoms with Crippen LogP contribution in [0.2, 0.25) is 0 Å². The van der Waals surface area contributed by atoms with E-state index in [1.54, 1.807) is 0 Å². The van der Waals surface area contributed by atoms with E-state index in [1.165, 1.54) is 5.01 Å². The van der Waals surface area contributed by atoms with E-state index >= 15 is 0 Å². The Morgan fingerprint density at radius 1 is 1.12 bits per heavy atom. The smallest absolute Gasteiger partial charge is 0.267 e. The van der Waals surface area contributed by atoms with Gasteiger partial charge in [0.1, 0.15) is 5.71 Å². The number of hydrogen-bond donors (Lipinski definition) is 1. The Labute approximate surface area is 150 Å². The molecule has 5 heteroatoms. The fourth-order valence-electron chi connectivity index (χ4n) is 3.39. The second-order valence-electron chi connectivity index (χ2n) is 8.56. The van der Waals surface area contributed by atoms with Crippen molar-refractivity contribution in [2.45, 2.75) is 66.0 Å². The van der Waals surface area contributed by atoms with Crippen LogP contribution in [0.3, 0.4) is 0 Å². The number of amides is 2. The van der Waals surface area contributed by atoms with E-state index in [0.29, 0.717) is 25.1 Å². The van der Waals surface area contributed by atoms with Crippen LogP contribution >= 0.6 is 0 Å². The molecule has 0 spiro atoms. The van der Waals surface area contributed by atoms with Gasteiger partial charge in [0.15, 0.2) is 0 Å². The van der Waals surface area contributed by atoms with E-state index in [-0.39, 0.29) is 22.8 Å². The molecular weight excluding hydrogens is 314 g/mol. The van der Waals surface area contributed by atoms with Gasteiger partial charge in [-0.15, -0.1) is 0 Å². The normalized spacial score (nSPS) is 15.8. The zero-order valence-corrected chi connectivity index (χ0v) is 15.9. The third-order valence-electron chi connectivity index (χ3n) is 3.97. The lowest BCUT2D eigenvalue weighted by Gasteiger charge is -2.34. The van der Waals surface area contributed by atoms with Gasteiger partial charge in [0.05, 0.1) is 6.54 Å². The van der Waals surface area contributed by atoms with Crippen LogP contribution in [0.5, 0.6) is 0 Å². The molecule has 2 rings (SSSR count). The molecule has 0 aliphatic carbocycles. The maximum atomic E-state index is 12.6. The first kappa shape index (κ1) is 19.2. The van der Waals surface area contributed by atoms with Crippen molar-refractivity contribution in [1.82, 2.24) is 10.3 Å². The Kier molecular flexibility index (Phi) is 5.65. The highest BCUT2D eigenvalue weighted by Gasteiger charge is 2.30. The molecule has 0 radical (unpaired) electrons. The molecule has 1 aliphatic heterocycles. The van der Waals surface area contributed by atoms with Gasteiger partial charge in [0, 0.05) is 18.4 Å². The molecule has 5 nitrogen and oxygen atoms in total. The summed E-state index contributed by atoms with van der Waals surface area (Å²) >= 11 is 0. The quantitative estimate of drug-likeness (QED) is 0.889. The van der Waals surface area contributed by atoms with Gasteiger partial charge in [-0.05, 0) is 31.2 Å². The highest BCUT2D eigenvalue weighted by atomic mass is 16.2. The fraction of sp³-hybridized carbons (Fsp3) is 0.550. The second kappa shape index (κ2) is 7.38. The molecule has 1 heterocycles. The number of carbonyl (C=O) groups is 2. The number of hydrazone groups is 1. The first-order valence-corrected chi connectivity index (χ1v) is 8.80. The summed E-state index contributed by atoms with van der Waals surface area (Å²) in [5.41, 5.74) is 1.20. The van der Waals surface area contributed by atoms with Crippen molar-refractivity contribution in [2.24, 2.45) is 10.5 Å². The van der Waals surface area contributed by atoms with Crippen LogP contribution in [0.4, 0.5) is 0 Å². The van der Waals surface area contributed by atoms with Crippen LogP contribution in [0.1, 0.15) is 59.4 Å². The molecule has 136 valence electrons. The summed E-state index contributed by atoms with van der Waals surface area (Å²) in [6.45, 7) is 10.9. The number of benzene rings is 1. The Morgan fingerprint density at radius 3 is 2.36 bits per heavy atom. The van der Waals surface area contributed by atoms with Gasteiger partial charge in [-0.1, -0.05) is 51.1 Å². The van der Waals surface area contributed by atoms with Crippen molar-refractivity contribution in [3.8, 4) is 0 Å². The number of hydrogen-bond acceptors (Lipinski definition) is 3. The van der Waals surface area contributed by atoms with Crippen LogP contribution in [-0.2, 0) is 16.1 Å². The van der Waals surface area contributed by atoms with Gasteiger partial charge in [0.25, 0.3) is 5.91 Å². The summed E-state index contributed by atoms with van der Waals surface area (Å²) in [4.78, 5) is 24.8. The summed E-state index contributed by atoms with van der Waals surface area (Å²) in [6.07, 6.45) is 1.56. The number of nitrogens with zero attached hydrogens (tertiary/aromatic N) is 2. The summed E-state index contributed by atoms with van der Waals surface area (Å²) in [5.74, 6) is -0.228. The summed E-state index contributed by atoms with van der Waals surface area (Å²) in [6, 6.07) is 9.68. The number of rotatable bonds is 5. The van der Waals surface area contributed by atoms with Crippen LogP contribution in [0.25, 0.3) is 0 Å². The van der Waals surface area contributed by atoms with Gasteiger partial charge in [-0.25, -0.2) is 5.01 Å². The van der Waals surface area contributed by atoms with Crippen molar-refractivity contribution in [3.63, 3.8) is 0 Å². The lowest BCUT2D eigenvalue weighted by Crippen LogP contribution is -2.49. The fourth-order valence-corrected chi connectivity index (χ4v) is 3.39. The van der Waals surface area contributed by atoms with E-state index in [2.05, 4.69) is 31.2 Å². The monoisotopic (exact) mass is 343 g/mol. The number of carbonyl (C=O) groups excluding carboxylic acids is 2. The van der Waals surface area contributed by atoms with E-state index in [1.807, 2.05) is 44.2 Å². The van der Waals surface area contributed by atoms with Crippen molar-refractivity contribution >= 4 is 17.5 Å². The molecule has 1 aromatic carbocycles. The first-order valence-electron chi connectivity index (χ1n) is 8.80. The summed E-state index contributed by atoms with van der Waals surface area (Å²) < 4.78 is 0. The molecular formula is C20H29N3O2. The van der Waals surface area contributed by atoms with Crippen molar-refractivity contribution in [2.75, 3.05) is 0 Å². The minimum Gasteiger partial charge on any atom is -0.346 e. The SMILES string of the molecule is CC(C)(C)CC(C)(C)NC(=O)C1=NN(Cc2ccccc2)C(=O)CC1. The lowest BCUT2D eigenvalue weighted by atomic mass is 9.81. The van der Waals surface area contributed by atoms with Gasteiger partial charge >= 0.3 is 0 Å². The molecule has 25 heavy (non-hydrogen) atoms. The minimum absolute atomic E-state index is 0.0469. The molecule has 1 N–H and O–H groups in total. The van der Waals surface area contributed by atoms with Gasteiger partial charge in [0.2, 0.25) is 5.91 Å². The first-order chi connectivity index (χ1) is 11.6. The van der Waals surface area contributed by atoms with Gasteiger partial charge in [-0.3, -0.25) is 9.59 Å². The van der Waals surface area contributed by atoms with E-state index < -0.39 is 0 Å². The third kappa shape index (κ3) is 6.00. The van der Waals surface area contributed by atoms with E-state index in [0.717, 1.165) is 12.0 Å². The van der Waals surface area contributed by atoms with Crippen LogP contribution in [0.15, 0.2) is 35.4 Å². The molecule has 0 bridgehead atoms. The van der Waals surface area contributed by atoms with E-state index in [4.69, 9.17) is 0 Å². The Morgan fingerprint density at radius 2 is 1.76 bits per heavy atom. The molecule has 0 saturated heterocycles. The van der Waals surface area contributed by atoms with Crippen molar-refractivity contribution in [1.29, 1.82) is 0 Å². The molecule has 1 aromatic rings. The summed E-state index contributed by atoms with van der Waals surface area (Å²) in [7, 11) is 0. The summed E-state index contributed by atoms with van der Waals surface area (Å²) in [5, 5.41) is 8.81. The van der Waals surface area contributed by atoms with Gasteiger partial charge in [-0.2, -0.15) is 5.10 Å². The van der Waals surface area contributed by atoms with E-state index in [9.17, 15) is 9.59 Å². The van der Waals surface area contributed by atoms with Crippen LogP contribution in [-0.4, -0.2) is 28.1 Å². The molecule has 0 saturated carbocycles. The Bertz CT molecular complexity index is 657. The maximum Gasteiger partial charge on any atom is 0.267 e. The molecule has 0 aromatic heterocycles. The highest BCUT2D eigenvalue weighted by molar-refractivity contribution is 6.39. The zero-order chi connectivity index (χ0) is 18.7. The average molecular weight is 343 g/mol. The average Bonchev–Trinajstić information content (AvgIpc) is 2.47. The van der Waals surface area contributed by atoms with Crippen molar-refractivity contribution in [3.05, 3.63) is 35.9 Å². The predicted octanol–water partition coefficient (Wildman–Crippen LogP) is 3.50. The van der Waals surface area contributed by atoms with Gasteiger partial charge < -0.3 is 5.32 Å². The topological polar surface area (TPSA) is 61.8 Å². The maximum absolute atomic E-state index is 12.6. The Hall–Kier alpha value is -2.17. The minimum atomic E-state index is -0.330. The standard InChI is InChI=1S/C20H29N3O2/c1-19(2,3)14-20(4,5)21-18(25)16-11-12-17(24)23(22-16)13-15-9-7-6-8-10-15/h6-10H,11-14H2,1-5H3,(H,21,25). The predicted molar refractivity (Wildman–Crippen MR) is 100.0 cm³/mol. The second-order valence-corrected chi connectivity index (χ2v) is 8.56. The Balaban J connectivity index is 2.08. The zero-order valence-electron chi connectivity index (χ0n) is 15.9. The van der Waals surface area contributed by atoms with Crippen molar-refractivity contribution < 1.29 is 9.59 Å². The molecule has 0 unspecified atom stereocenters. The van der Waals surface area contributed by atoms with Crippen LogP contribution in [0, 0.1) is 5.41 Å². The van der Waals surface area contributed by atoms with Crippen LogP contribution < -0.4 is 5.32 Å². The largest absolute Gasteiger partial charge is 0.346 e. The molecule has 0 atom stereocenters. The highest BCUT2D eigenvalue weighted by Crippen LogP contribution is 2.27. The number of nitrogens with one attached hydrogen (secondary N) is 1. The molecule has 0 fully saturated rings.